The maximum Gasteiger partial charge on any atom is 0.265 e. The van der Waals surface area contributed by atoms with Gasteiger partial charge in [0.05, 0.1) is 19.1 Å². The molecule has 0 amide bonds. The molecule has 0 spiro atoms. The minimum Gasteiger partial charge on any atom is -0.336 e. The van der Waals surface area contributed by atoms with E-state index in [0.29, 0.717) is 5.82 Å². The predicted molar refractivity (Wildman–Crippen MR) is 80.3 cm³/mol. The molecule has 2 aliphatic rings. The van der Waals surface area contributed by atoms with Crippen LogP contribution in [0.15, 0.2) is 22.1 Å². The van der Waals surface area contributed by atoms with Gasteiger partial charge < -0.3 is 9.51 Å². The number of hydrogen-bond donors (Lipinski definition) is 1. The van der Waals surface area contributed by atoms with Crippen LogP contribution in [0.2, 0.25) is 0 Å². The summed E-state index contributed by atoms with van der Waals surface area (Å²) in [7, 11) is -3.80. The largest absolute Gasteiger partial charge is 0.336 e. The van der Waals surface area contributed by atoms with Gasteiger partial charge in [-0.05, 0) is 12.8 Å². The minimum atomic E-state index is -3.80. The first-order valence-electron chi connectivity index (χ1n) is 8.01. The number of nitrogens with zero attached hydrogens (tertiary/aromatic N) is 4. The standard InChI is InChI=1S/C14H18FN5O3S/c15-14(13-18-12(19-23-13)10-3-1-2-4-10)5-6-20(8-14)24(21,22)11-7-16-9-17-11/h7,9-10H,1-6,8H2,(H,16,17). The van der Waals surface area contributed by atoms with Crippen molar-refractivity contribution in [2.45, 2.75) is 48.7 Å². The van der Waals surface area contributed by atoms with Crippen LogP contribution in [0.4, 0.5) is 4.39 Å². The first kappa shape index (κ1) is 15.7. The average molecular weight is 355 g/mol. The second-order valence-corrected chi connectivity index (χ2v) is 8.32. The number of alkyl halides is 1. The predicted octanol–water partition coefficient (Wildman–Crippen LogP) is 1.71. The Kier molecular flexibility index (Phi) is 3.68. The molecule has 1 aliphatic carbocycles. The van der Waals surface area contributed by atoms with Gasteiger partial charge in [0.2, 0.25) is 5.67 Å². The van der Waals surface area contributed by atoms with Crippen molar-refractivity contribution >= 4 is 10.0 Å². The Morgan fingerprint density at radius 1 is 1.38 bits per heavy atom. The SMILES string of the molecule is O=S(=O)(c1cnc[nH]1)N1CCC(F)(c2nc(C3CCCC3)no2)C1. The van der Waals surface area contributed by atoms with Crippen LogP contribution in [0.1, 0.15) is 49.7 Å². The highest BCUT2D eigenvalue weighted by atomic mass is 32.2. The zero-order chi connectivity index (χ0) is 16.8. The third kappa shape index (κ3) is 2.53. The monoisotopic (exact) mass is 355 g/mol. The lowest BCUT2D eigenvalue weighted by Gasteiger charge is -2.17. The highest BCUT2D eigenvalue weighted by Gasteiger charge is 2.49. The molecule has 1 saturated heterocycles. The summed E-state index contributed by atoms with van der Waals surface area (Å²) in [4.78, 5) is 10.5. The van der Waals surface area contributed by atoms with Gasteiger partial charge in [0.25, 0.3) is 15.9 Å². The summed E-state index contributed by atoms with van der Waals surface area (Å²) in [6, 6.07) is 0. The average Bonchev–Trinajstić information content (AvgIpc) is 3.31. The minimum absolute atomic E-state index is 0.00727. The molecule has 1 atom stereocenters. The Bertz CT molecular complexity index is 815. The summed E-state index contributed by atoms with van der Waals surface area (Å²) in [6.07, 6.45) is 6.68. The lowest BCUT2D eigenvalue weighted by Crippen LogP contribution is -2.32. The Hall–Kier alpha value is -1.81. The molecule has 0 radical (unpaired) electrons. The van der Waals surface area contributed by atoms with E-state index in [1.807, 2.05) is 0 Å². The molecule has 1 saturated carbocycles. The van der Waals surface area contributed by atoms with Gasteiger partial charge in [-0.25, -0.2) is 17.8 Å². The summed E-state index contributed by atoms with van der Waals surface area (Å²) in [5.74, 6) is 0.637. The molecule has 4 rings (SSSR count). The quantitative estimate of drug-likeness (QED) is 0.895. The summed E-state index contributed by atoms with van der Waals surface area (Å²) in [6.45, 7) is -0.278. The number of nitrogens with one attached hydrogen (secondary N) is 1. The van der Waals surface area contributed by atoms with Crippen LogP contribution in [0, 0.1) is 0 Å². The molecule has 130 valence electrons. The molecule has 2 aromatic heterocycles. The van der Waals surface area contributed by atoms with Crippen molar-refractivity contribution in [3.63, 3.8) is 0 Å². The van der Waals surface area contributed by atoms with E-state index < -0.39 is 15.7 Å². The number of imidazole rings is 1. The maximum absolute atomic E-state index is 15.2. The molecule has 0 aromatic carbocycles. The fourth-order valence-corrected chi connectivity index (χ4v) is 4.79. The van der Waals surface area contributed by atoms with E-state index in [1.165, 1.54) is 12.5 Å². The van der Waals surface area contributed by atoms with E-state index in [-0.39, 0.29) is 36.3 Å². The second-order valence-electron chi connectivity index (χ2n) is 6.41. The normalized spacial score (nSPS) is 26.4. The number of H-pyrrole nitrogens is 1. The number of hydrogen-bond acceptors (Lipinski definition) is 6. The Labute approximate surface area is 138 Å². The van der Waals surface area contributed by atoms with Crippen LogP contribution in [-0.2, 0) is 15.7 Å². The van der Waals surface area contributed by atoms with Gasteiger partial charge in [0, 0.05) is 18.9 Å². The van der Waals surface area contributed by atoms with Gasteiger partial charge >= 0.3 is 0 Å². The van der Waals surface area contributed by atoms with Crippen molar-refractivity contribution in [1.29, 1.82) is 0 Å². The molecule has 2 fully saturated rings. The van der Waals surface area contributed by atoms with Crippen molar-refractivity contribution < 1.29 is 17.3 Å². The number of rotatable bonds is 4. The van der Waals surface area contributed by atoms with Crippen molar-refractivity contribution in [3.05, 3.63) is 24.2 Å². The van der Waals surface area contributed by atoms with Crippen LogP contribution in [-0.4, -0.2) is 45.9 Å². The number of halogens is 1. The van der Waals surface area contributed by atoms with Gasteiger partial charge in [-0.3, -0.25) is 0 Å². The van der Waals surface area contributed by atoms with Gasteiger partial charge in [-0.1, -0.05) is 18.0 Å². The molecular weight excluding hydrogens is 337 g/mol. The van der Waals surface area contributed by atoms with Crippen molar-refractivity contribution in [2.24, 2.45) is 0 Å². The lowest BCUT2D eigenvalue weighted by atomic mass is 10.1. The van der Waals surface area contributed by atoms with Crippen LogP contribution < -0.4 is 0 Å². The van der Waals surface area contributed by atoms with Crippen LogP contribution in [0.25, 0.3) is 0 Å². The first-order chi connectivity index (χ1) is 11.5. The fourth-order valence-electron chi connectivity index (χ4n) is 3.41. The second kappa shape index (κ2) is 5.62. The molecule has 0 bridgehead atoms. The van der Waals surface area contributed by atoms with Crippen molar-refractivity contribution in [2.75, 3.05) is 13.1 Å². The van der Waals surface area contributed by atoms with E-state index in [4.69, 9.17) is 4.52 Å². The van der Waals surface area contributed by atoms with Gasteiger partial charge in [-0.2, -0.15) is 9.29 Å². The molecule has 1 N–H and O–H groups in total. The highest BCUT2D eigenvalue weighted by molar-refractivity contribution is 7.89. The summed E-state index contributed by atoms with van der Waals surface area (Å²) in [5, 5.41) is 3.86. The maximum atomic E-state index is 15.2. The molecule has 1 aliphatic heterocycles. The number of aromatic amines is 1. The molecule has 2 aromatic rings. The Morgan fingerprint density at radius 2 is 2.17 bits per heavy atom. The third-order valence-corrected chi connectivity index (χ3v) is 6.59. The molecule has 8 nitrogen and oxygen atoms in total. The molecule has 1 unspecified atom stereocenters. The number of sulfonamides is 1. The summed E-state index contributed by atoms with van der Waals surface area (Å²) in [5.41, 5.74) is -1.95. The van der Waals surface area contributed by atoms with Gasteiger partial charge in [0.1, 0.15) is 0 Å². The molecule has 3 heterocycles. The third-order valence-electron chi connectivity index (χ3n) is 4.82. The van der Waals surface area contributed by atoms with Crippen LogP contribution in [0.3, 0.4) is 0 Å². The van der Waals surface area contributed by atoms with E-state index >= 15 is 4.39 Å². The Balaban J connectivity index is 1.55. The van der Waals surface area contributed by atoms with E-state index in [9.17, 15) is 8.42 Å². The van der Waals surface area contributed by atoms with Gasteiger partial charge in [-0.15, -0.1) is 0 Å². The first-order valence-corrected chi connectivity index (χ1v) is 9.45. The molecule has 24 heavy (non-hydrogen) atoms. The van der Waals surface area contributed by atoms with E-state index in [2.05, 4.69) is 20.1 Å². The van der Waals surface area contributed by atoms with Crippen LogP contribution in [0.5, 0.6) is 0 Å². The topological polar surface area (TPSA) is 105 Å². The zero-order valence-electron chi connectivity index (χ0n) is 13.0. The van der Waals surface area contributed by atoms with E-state index in [0.717, 1.165) is 30.0 Å². The van der Waals surface area contributed by atoms with E-state index in [1.54, 1.807) is 0 Å². The van der Waals surface area contributed by atoms with Crippen LogP contribution >= 0.6 is 0 Å². The van der Waals surface area contributed by atoms with Crippen molar-refractivity contribution in [3.8, 4) is 0 Å². The summed E-state index contributed by atoms with van der Waals surface area (Å²) < 4.78 is 46.4. The molecule has 10 heteroatoms. The number of aromatic nitrogens is 4. The molecular formula is C14H18FN5O3S. The summed E-state index contributed by atoms with van der Waals surface area (Å²) >= 11 is 0. The van der Waals surface area contributed by atoms with Crippen molar-refractivity contribution in [1.82, 2.24) is 24.4 Å². The zero-order valence-corrected chi connectivity index (χ0v) is 13.8. The fraction of sp³-hybridized carbons (Fsp3) is 0.643. The Morgan fingerprint density at radius 3 is 2.88 bits per heavy atom. The smallest absolute Gasteiger partial charge is 0.265 e. The lowest BCUT2D eigenvalue weighted by molar-refractivity contribution is 0.127. The van der Waals surface area contributed by atoms with Gasteiger partial charge in [0.15, 0.2) is 10.9 Å². The highest BCUT2D eigenvalue weighted by Crippen LogP contribution is 2.39.